The Hall–Kier alpha value is -3.71. The van der Waals surface area contributed by atoms with Gasteiger partial charge in [-0.05, 0) is 62.5 Å². The summed E-state index contributed by atoms with van der Waals surface area (Å²) < 4.78 is 6.84. The minimum Gasteiger partial charge on any atom is -0.488 e. The second-order valence-corrected chi connectivity index (χ2v) is 15.8. The fourth-order valence-electron chi connectivity index (χ4n) is 5.86. The average molecular weight is 628 g/mol. The fraction of sp³-hybridized carbons (Fsp3) is 0.302. The Bertz CT molecular complexity index is 1660. The predicted molar refractivity (Wildman–Crippen MR) is 199 cm³/mol. The molecular formula is C43H50NOP. The van der Waals surface area contributed by atoms with Crippen molar-refractivity contribution in [3.8, 4) is 5.75 Å². The van der Waals surface area contributed by atoms with E-state index in [0.29, 0.717) is 15.2 Å². The van der Waals surface area contributed by atoms with Crippen LogP contribution in [0.4, 0.5) is 0 Å². The van der Waals surface area contributed by atoms with Crippen LogP contribution in [0.15, 0.2) is 121 Å². The van der Waals surface area contributed by atoms with E-state index in [1.165, 1.54) is 49.6 Å². The third kappa shape index (κ3) is 8.97. The average Bonchev–Trinajstić information content (AvgIpc) is 3.02. The number of hydrogen-bond acceptors (Lipinski definition) is 2. The molecule has 0 radical (unpaired) electrons. The van der Waals surface area contributed by atoms with Crippen molar-refractivity contribution >= 4 is 19.2 Å². The van der Waals surface area contributed by atoms with E-state index < -0.39 is 0 Å². The van der Waals surface area contributed by atoms with E-state index in [-0.39, 0.29) is 10.8 Å². The minimum absolute atomic E-state index is 0.0217. The van der Waals surface area contributed by atoms with Crippen LogP contribution in [0.3, 0.4) is 0 Å². The smallest absolute Gasteiger partial charge is 0.131 e. The quantitative estimate of drug-likeness (QED) is 0.135. The lowest BCUT2D eigenvalue weighted by Gasteiger charge is -2.30. The summed E-state index contributed by atoms with van der Waals surface area (Å²) in [5.74, 6) is 1.04. The lowest BCUT2D eigenvalue weighted by atomic mass is 9.80. The van der Waals surface area contributed by atoms with Gasteiger partial charge in [0.15, 0.2) is 0 Å². The van der Waals surface area contributed by atoms with Crippen LogP contribution >= 0.6 is 8.58 Å². The molecule has 0 aliphatic rings. The Morgan fingerprint density at radius 1 is 0.587 bits per heavy atom. The summed E-state index contributed by atoms with van der Waals surface area (Å²) in [7, 11) is 0.475. The van der Waals surface area contributed by atoms with Crippen molar-refractivity contribution in [2.45, 2.75) is 85.5 Å². The van der Waals surface area contributed by atoms with Gasteiger partial charge in [0.2, 0.25) is 0 Å². The molecule has 0 saturated carbocycles. The van der Waals surface area contributed by atoms with Crippen molar-refractivity contribution in [2.75, 3.05) is 0 Å². The molecule has 238 valence electrons. The van der Waals surface area contributed by atoms with E-state index in [4.69, 9.17) is 4.74 Å². The topological polar surface area (TPSA) is 12.5 Å². The second kappa shape index (κ2) is 14.8. The van der Waals surface area contributed by atoms with Gasteiger partial charge in [-0.3, -0.25) is 4.90 Å². The Kier molecular flexibility index (Phi) is 10.8. The van der Waals surface area contributed by atoms with Crippen LogP contribution < -0.4 is 15.3 Å². The zero-order valence-electron chi connectivity index (χ0n) is 28.7. The fourth-order valence-corrected chi connectivity index (χ4v) is 7.28. The first-order valence-corrected chi connectivity index (χ1v) is 17.5. The zero-order chi connectivity index (χ0) is 32.7. The monoisotopic (exact) mass is 627 g/mol. The molecule has 0 aliphatic carbocycles. The Morgan fingerprint density at radius 3 is 1.65 bits per heavy atom. The normalized spacial score (nSPS) is 12.3. The van der Waals surface area contributed by atoms with E-state index in [1.54, 1.807) is 0 Å². The molecule has 5 aromatic carbocycles. The van der Waals surface area contributed by atoms with Crippen molar-refractivity contribution in [1.29, 1.82) is 0 Å². The molecular weight excluding hydrogens is 577 g/mol. The maximum Gasteiger partial charge on any atom is 0.131 e. The molecule has 1 unspecified atom stereocenters. The number of hydrogen-bond donors (Lipinski definition) is 0. The molecule has 0 saturated heterocycles. The summed E-state index contributed by atoms with van der Waals surface area (Å²) in [5.41, 5.74) is 9.17. The van der Waals surface area contributed by atoms with E-state index in [0.717, 1.165) is 25.4 Å². The van der Waals surface area contributed by atoms with E-state index in [2.05, 4.69) is 175 Å². The summed E-state index contributed by atoms with van der Waals surface area (Å²) in [6.07, 6.45) is 0. The highest BCUT2D eigenvalue weighted by atomic mass is 31.1. The molecule has 46 heavy (non-hydrogen) atoms. The van der Waals surface area contributed by atoms with Gasteiger partial charge >= 0.3 is 0 Å². The van der Waals surface area contributed by atoms with Crippen molar-refractivity contribution in [3.05, 3.63) is 160 Å². The largest absolute Gasteiger partial charge is 0.488 e. The van der Waals surface area contributed by atoms with E-state index in [9.17, 15) is 0 Å². The van der Waals surface area contributed by atoms with E-state index >= 15 is 0 Å². The van der Waals surface area contributed by atoms with Crippen LogP contribution in [0.25, 0.3) is 0 Å². The first kappa shape index (κ1) is 33.6. The number of nitrogens with zero attached hydrogens (tertiary/aromatic N) is 1. The maximum absolute atomic E-state index is 6.84. The molecule has 0 heterocycles. The molecule has 0 amide bonds. The van der Waals surface area contributed by atoms with Gasteiger partial charge in [-0.15, -0.1) is 0 Å². The highest BCUT2D eigenvalue weighted by Gasteiger charge is 2.27. The van der Waals surface area contributed by atoms with Gasteiger partial charge < -0.3 is 4.74 Å². The van der Waals surface area contributed by atoms with Gasteiger partial charge in [-0.1, -0.05) is 165 Å². The molecule has 3 heteroatoms. The molecule has 0 N–H and O–H groups in total. The summed E-state index contributed by atoms with van der Waals surface area (Å²) in [5, 5.41) is 2.71. The lowest BCUT2D eigenvalue weighted by molar-refractivity contribution is 0.248. The van der Waals surface area contributed by atoms with Gasteiger partial charge in [0.05, 0.1) is 0 Å². The first-order valence-electron chi connectivity index (χ1n) is 16.5. The SMILES string of the molecule is Cc1cccc(CN(Cc2ccccc2)Cc2ccccc2)c1Pc1cc(C(C)(C)C)cc(C(C)(C)C)c1OCc1ccccc1. The third-order valence-corrected chi connectivity index (χ3v) is 10.1. The first-order chi connectivity index (χ1) is 22.0. The Balaban J connectivity index is 1.56. The highest BCUT2D eigenvalue weighted by molar-refractivity contribution is 7.56. The molecule has 0 aliphatic heterocycles. The lowest BCUT2D eigenvalue weighted by Crippen LogP contribution is -2.27. The molecule has 0 spiro atoms. The summed E-state index contributed by atoms with van der Waals surface area (Å²) in [4.78, 5) is 2.58. The van der Waals surface area contributed by atoms with Crippen molar-refractivity contribution < 1.29 is 4.74 Å². The Morgan fingerprint density at radius 2 is 1.13 bits per heavy atom. The maximum atomic E-state index is 6.84. The number of aryl methyl sites for hydroxylation is 1. The van der Waals surface area contributed by atoms with Crippen molar-refractivity contribution in [1.82, 2.24) is 4.90 Å². The van der Waals surface area contributed by atoms with Crippen LogP contribution in [0.1, 0.15) is 80.5 Å². The van der Waals surface area contributed by atoms with Crippen LogP contribution in [-0.4, -0.2) is 4.90 Å². The van der Waals surface area contributed by atoms with Gasteiger partial charge in [0.25, 0.3) is 0 Å². The van der Waals surface area contributed by atoms with Crippen molar-refractivity contribution in [2.24, 2.45) is 0 Å². The van der Waals surface area contributed by atoms with Crippen LogP contribution in [0.5, 0.6) is 5.75 Å². The molecule has 2 nitrogen and oxygen atoms in total. The zero-order valence-corrected chi connectivity index (χ0v) is 29.7. The minimum atomic E-state index is -0.0662. The number of ether oxygens (including phenoxy) is 1. The number of rotatable bonds is 11. The summed E-state index contributed by atoms with van der Waals surface area (Å²) in [6, 6.07) is 43.9. The van der Waals surface area contributed by atoms with Gasteiger partial charge in [-0.2, -0.15) is 0 Å². The van der Waals surface area contributed by atoms with Gasteiger partial charge in [0, 0.05) is 30.5 Å². The molecule has 5 aromatic rings. The van der Waals surface area contributed by atoms with Crippen LogP contribution in [-0.2, 0) is 37.1 Å². The second-order valence-electron chi connectivity index (χ2n) is 14.5. The van der Waals surface area contributed by atoms with Crippen molar-refractivity contribution in [3.63, 3.8) is 0 Å². The predicted octanol–water partition coefficient (Wildman–Crippen LogP) is 10.0. The summed E-state index contributed by atoms with van der Waals surface area (Å²) >= 11 is 0. The summed E-state index contributed by atoms with van der Waals surface area (Å²) in [6.45, 7) is 19.4. The molecule has 0 aromatic heterocycles. The molecule has 0 fully saturated rings. The highest BCUT2D eigenvalue weighted by Crippen LogP contribution is 2.38. The van der Waals surface area contributed by atoms with Crippen LogP contribution in [0.2, 0.25) is 0 Å². The third-order valence-electron chi connectivity index (χ3n) is 8.50. The molecule has 1 atom stereocenters. The Labute approximate surface area is 279 Å². The van der Waals surface area contributed by atoms with Crippen LogP contribution in [0, 0.1) is 6.92 Å². The standard InChI is InChI=1S/C43H50NOP/c1-32-18-17-25-36(30-44(28-33-19-11-8-12-20-33)29-34-21-13-9-14-22-34)41(32)46-39-27-37(42(2,3)4)26-38(43(5,6)7)40(39)45-31-35-23-15-10-16-24-35/h8-27,46H,28-31H2,1-7H3. The molecule has 0 bridgehead atoms. The van der Waals surface area contributed by atoms with E-state index in [1.807, 2.05) is 0 Å². The number of benzene rings is 5. The molecule has 5 rings (SSSR count). The van der Waals surface area contributed by atoms with Gasteiger partial charge in [-0.25, -0.2) is 0 Å². The van der Waals surface area contributed by atoms with Gasteiger partial charge in [0.1, 0.15) is 12.4 Å².